The molecule has 0 aliphatic carbocycles. The minimum absolute atomic E-state index is 0.0228. The number of anilines is 1. The number of benzene rings is 2. The molecule has 1 amide bonds. The quantitative estimate of drug-likeness (QED) is 0.840. The Balaban J connectivity index is 1.53. The Hall–Kier alpha value is -2.89. The van der Waals surface area contributed by atoms with E-state index in [0.717, 1.165) is 0 Å². The lowest BCUT2D eigenvalue weighted by Crippen LogP contribution is -2.52. The molecule has 4 rings (SSSR count). The molecule has 0 unspecified atom stereocenters. The molecule has 3 N–H and O–H groups in total. The first-order valence-electron chi connectivity index (χ1n) is 8.35. The highest BCUT2D eigenvalue weighted by molar-refractivity contribution is 6.04. The third-order valence-electron chi connectivity index (χ3n) is 4.87. The highest BCUT2D eigenvalue weighted by Gasteiger charge is 2.39. The van der Waals surface area contributed by atoms with E-state index in [0.29, 0.717) is 42.7 Å². The molecule has 0 atom stereocenters. The number of hydrogen-bond acceptors (Lipinski definition) is 4. The van der Waals surface area contributed by atoms with Crippen LogP contribution < -0.4 is 11.1 Å². The van der Waals surface area contributed by atoms with Crippen molar-refractivity contribution < 1.29 is 9.18 Å². The van der Waals surface area contributed by atoms with E-state index in [1.54, 1.807) is 6.07 Å². The average Bonchev–Trinajstić information content (AvgIpc) is 2.62. The van der Waals surface area contributed by atoms with Crippen LogP contribution >= 0.6 is 0 Å². The van der Waals surface area contributed by atoms with Crippen LogP contribution in [0.4, 0.5) is 10.1 Å². The molecule has 1 saturated heterocycles. The molecule has 2 heterocycles. The second-order valence-corrected chi connectivity index (χ2v) is 6.47. The van der Waals surface area contributed by atoms with Crippen LogP contribution in [0.3, 0.4) is 0 Å². The third kappa shape index (κ3) is 2.73. The summed E-state index contributed by atoms with van der Waals surface area (Å²) in [7, 11) is 0. The normalized spacial score (nSPS) is 18.3. The van der Waals surface area contributed by atoms with Crippen LogP contribution in [0.1, 0.15) is 28.8 Å². The topological polar surface area (TPSA) is 70.7 Å². The van der Waals surface area contributed by atoms with Crippen molar-refractivity contribution in [2.24, 2.45) is 10.7 Å². The average molecular weight is 338 g/mol. The fourth-order valence-corrected chi connectivity index (χ4v) is 3.53. The van der Waals surface area contributed by atoms with Gasteiger partial charge in [-0.05, 0) is 24.3 Å². The lowest BCUT2D eigenvalue weighted by Gasteiger charge is -2.42. The summed E-state index contributed by atoms with van der Waals surface area (Å²) in [5, 5.41) is 3.34. The fourth-order valence-electron chi connectivity index (χ4n) is 3.53. The third-order valence-corrected chi connectivity index (χ3v) is 4.87. The van der Waals surface area contributed by atoms with Gasteiger partial charge < -0.3 is 16.0 Å². The van der Waals surface area contributed by atoms with Crippen molar-refractivity contribution in [1.82, 2.24) is 4.90 Å². The molecule has 0 aromatic heterocycles. The van der Waals surface area contributed by atoms with Gasteiger partial charge in [0, 0.05) is 37.2 Å². The van der Waals surface area contributed by atoms with Crippen molar-refractivity contribution in [2.45, 2.75) is 18.5 Å². The summed E-state index contributed by atoms with van der Waals surface area (Å²) in [5.74, 6) is -0.137. The molecule has 6 heteroatoms. The Morgan fingerprint density at radius 1 is 1.12 bits per heavy atom. The molecular formula is C19H19FN4O. The molecular weight excluding hydrogens is 319 g/mol. The van der Waals surface area contributed by atoms with E-state index in [1.807, 2.05) is 41.3 Å². The number of fused-ring (bicyclic) bond motifs is 1. The van der Waals surface area contributed by atoms with Gasteiger partial charge in [0.05, 0.1) is 5.56 Å². The van der Waals surface area contributed by atoms with Crippen LogP contribution in [-0.4, -0.2) is 35.4 Å². The monoisotopic (exact) mass is 338 g/mol. The van der Waals surface area contributed by atoms with Gasteiger partial charge in [-0.25, -0.2) is 9.38 Å². The van der Waals surface area contributed by atoms with E-state index < -0.39 is 5.66 Å². The Bertz CT molecular complexity index is 842. The van der Waals surface area contributed by atoms with Crippen molar-refractivity contribution in [3.63, 3.8) is 0 Å². The van der Waals surface area contributed by atoms with E-state index in [4.69, 9.17) is 5.73 Å². The molecule has 1 fully saturated rings. The van der Waals surface area contributed by atoms with Crippen molar-refractivity contribution in [3.8, 4) is 0 Å². The lowest BCUT2D eigenvalue weighted by molar-refractivity contribution is 0.0685. The Labute approximate surface area is 145 Å². The molecule has 2 aromatic carbocycles. The number of hydrogen-bond donors (Lipinski definition) is 2. The molecule has 25 heavy (non-hydrogen) atoms. The van der Waals surface area contributed by atoms with Crippen LogP contribution in [0, 0.1) is 5.82 Å². The van der Waals surface area contributed by atoms with Gasteiger partial charge in [0.15, 0.2) is 0 Å². The number of halogens is 1. The Kier molecular flexibility index (Phi) is 3.67. The fraction of sp³-hybridized carbons (Fsp3) is 0.263. The number of amides is 1. The number of aliphatic imine (C=N–C) groups is 1. The standard InChI is InChI=1S/C19H19FN4O/c20-14-7-4-8-15-16(14)17(21)23-19(22-15)9-11-24(12-10-19)18(25)13-5-2-1-3-6-13/h1-8,22H,9-12H2,(H2,21,23). The Morgan fingerprint density at radius 2 is 1.84 bits per heavy atom. The summed E-state index contributed by atoms with van der Waals surface area (Å²) in [6, 6.07) is 14.1. The van der Waals surface area contributed by atoms with Crippen molar-refractivity contribution in [1.29, 1.82) is 0 Å². The van der Waals surface area contributed by atoms with Gasteiger partial charge in [-0.2, -0.15) is 0 Å². The van der Waals surface area contributed by atoms with Crippen LogP contribution in [0.15, 0.2) is 53.5 Å². The number of piperidine rings is 1. The zero-order valence-corrected chi connectivity index (χ0v) is 13.7. The maximum atomic E-state index is 14.0. The van der Waals surface area contributed by atoms with Gasteiger partial charge in [0.2, 0.25) is 0 Å². The zero-order valence-electron chi connectivity index (χ0n) is 13.7. The summed E-state index contributed by atoms with van der Waals surface area (Å²) in [5.41, 5.74) is 7.13. The molecule has 2 aliphatic rings. The van der Waals surface area contributed by atoms with Gasteiger partial charge in [0.1, 0.15) is 17.3 Å². The second-order valence-electron chi connectivity index (χ2n) is 6.47. The molecule has 5 nitrogen and oxygen atoms in total. The molecule has 2 aromatic rings. The predicted molar refractivity (Wildman–Crippen MR) is 95.1 cm³/mol. The molecule has 1 spiro atoms. The van der Waals surface area contributed by atoms with Gasteiger partial charge in [-0.3, -0.25) is 4.79 Å². The Morgan fingerprint density at radius 3 is 2.56 bits per heavy atom. The summed E-state index contributed by atoms with van der Waals surface area (Å²) in [6.45, 7) is 1.14. The maximum Gasteiger partial charge on any atom is 0.253 e. The number of rotatable bonds is 1. The minimum Gasteiger partial charge on any atom is -0.383 e. The zero-order chi connectivity index (χ0) is 17.4. The van der Waals surface area contributed by atoms with Gasteiger partial charge in [0.25, 0.3) is 5.91 Å². The predicted octanol–water partition coefficient (Wildman–Crippen LogP) is 2.59. The summed E-state index contributed by atoms with van der Waals surface area (Å²) in [6.07, 6.45) is 1.25. The number of carbonyl (C=O) groups excluding carboxylic acids is 1. The van der Waals surface area contributed by atoms with Crippen molar-refractivity contribution in [2.75, 3.05) is 18.4 Å². The number of amidine groups is 1. The van der Waals surface area contributed by atoms with Gasteiger partial charge in [-0.1, -0.05) is 24.3 Å². The van der Waals surface area contributed by atoms with Gasteiger partial charge in [-0.15, -0.1) is 0 Å². The van der Waals surface area contributed by atoms with E-state index in [1.165, 1.54) is 6.07 Å². The highest BCUT2D eigenvalue weighted by atomic mass is 19.1. The number of likely N-dealkylation sites (tertiary alicyclic amines) is 1. The maximum absolute atomic E-state index is 14.0. The summed E-state index contributed by atoms with van der Waals surface area (Å²) >= 11 is 0. The number of nitrogens with two attached hydrogens (primary N) is 1. The summed E-state index contributed by atoms with van der Waals surface area (Å²) in [4.78, 5) is 18.9. The van der Waals surface area contributed by atoms with Crippen molar-refractivity contribution >= 4 is 17.4 Å². The van der Waals surface area contributed by atoms with E-state index in [9.17, 15) is 9.18 Å². The molecule has 0 radical (unpaired) electrons. The smallest absolute Gasteiger partial charge is 0.253 e. The summed E-state index contributed by atoms with van der Waals surface area (Å²) < 4.78 is 14.0. The number of nitrogens with zero attached hydrogens (tertiary/aromatic N) is 2. The first-order valence-corrected chi connectivity index (χ1v) is 8.35. The largest absolute Gasteiger partial charge is 0.383 e. The van der Waals surface area contributed by atoms with Crippen LogP contribution in [0.5, 0.6) is 0 Å². The van der Waals surface area contributed by atoms with Crippen molar-refractivity contribution in [3.05, 3.63) is 65.5 Å². The number of carbonyl (C=O) groups is 1. The van der Waals surface area contributed by atoms with Crippen LogP contribution in [-0.2, 0) is 0 Å². The van der Waals surface area contributed by atoms with Crippen LogP contribution in [0.2, 0.25) is 0 Å². The van der Waals surface area contributed by atoms with E-state index in [-0.39, 0.29) is 17.6 Å². The molecule has 128 valence electrons. The lowest BCUT2D eigenvalue weighted by atomic mass is 9.93. The molecule has 0 saturated carbocycles. The molecule has 2 aliphatic heterocycles. The first-order chi connectivity index (χ1) is 12.1. The van der Waals surface area contributed by atoms with Gasteiger partial charge >= 0.3 is 0 Å². The SMILES string of the molecule is NC1=NC2(CCN(C(=O)c3ccccc3)CC2)Nc2cccc(F)c21. The second kappa shape index (κ2) is 5.88. The van der Waals surface area contributed by atoms with E-state index in [2.05, 4.69) is 10.3 Å². The van der Waals surface area contributed by atoms with E-state index >= 15 is 0 Å². The highest BCUT2D eigenvalue weighted by Crippen LogP contribution is 2.35. The van der Waals surface area contributed by atoms with Crippen LogP contribution in [0.25, 0.3) is 0 Å². The number of nitrogens with one attached hydrogen (secondary N) is 1. The minimum atomic E-state index is -0.571. The molecule has 0 bridgehead atoms. The first kappa shape index (κ1) is 15.6.